The number of benzene rings is 1. The molecule has 1 aromatic rings. The summed E-state index contributed by atoms with van der Waals surface area (Å²) in [6, 6.07) is 8.49. The van der Waals surface area contributed by atoms with Gasteiger partial charge in [-0.1, -0.05) is 43.3 Å². The van der Waals surface area contributed by atoms with Gasteiger partial charge in [0.1, 0.15) is 5.60 Å². The molecule has 0 radical (unpaired) electrons. The molecule has 0 aliphatic heterocycles. The van der Waals surface area contributed by atoms with Gasteiger partial charge in [0, 0.05) is 6.54 Å². The SMILES string of the molecule is CCc1ccc(C=CCCNC(=O)OC(C)(C)C)cc1. The standard InChI is InChI=1S/C17H25NO2/c1-5-14-9-11-15(12-10-14)8-6-7-13-18-16(19)20-17(2,3)4/h6,8-12H,5,7,13H2,1-4H3,(H,18,19). The van der Waals surface area contributed by atoms with Gasteiger partial charge in [-0.2, -0.15) is 0 Å². The second kappa shape index (κ2) is 7.73. The number of rotatable bonds is 5. The van der Waals surface area contributed by atoms with E-state index < -0.39 is 5.60 Å². The topological polar surface area (TPSA) is 38.3 Å². The summed E-state index contributed by atoms with van der Waals surface area (Å²) in [5, 5.41) is 2.73. The number of carbonyl (C=O) groups excluding carboxylic acids is 1. The lowest BCUT2D eigenvalue weighted by atomic mass is 10.1. The molecule has 0 spiro atoms. The van der Waals surface area contributed by atoms with Crippen LogP contribution in [0.4, 0.5) is 4.79 Å². The predicted octanol–water partition coefficient (Wildman–Crippen LogP) is 4.18. The van der Waals surface area contributed by atoms with Crippen LogP contribution < -0.4 is 5.32 Å². The van der Waals surface area contributed by atoms with Crippen LogP contribution in [0.15, 0.2) is 30.3 Å². The molecule has 1 rings (SSSR count). The highest BCUT2D eigenvalue weighted by Crippen LogP contribution is 2.08. The first-order valence-electron chi connectivity index (χ1n) is 7.13. The second-order valence-electron chi connectivity index (χ2n) is 5.71. The van der Waals surface area contributed by atoms with E-state index >= 15 is 0 Å². The van der Waals surface area contributed by atoms with Crippen molar-refractivity contribution in [2.75, 3.05) is 6.54 Å². The predicted molar refractivity (Wildman–Crippen MR) is 83.7 cm³/mol. The molecular weight excluding hydrogens is 250 g/mol. The third-order valence-corrected chi connectivity index (χ3v) is 2.68. The number of hydrogen-bond acceptors (Lipinski definition) is 2. The number of amides is 1. The summed E-state index contributed by atoms with van der Waals surface area (Å²) in [6.07, 6.45) is 5.60. The van der Waals surface area contributed by atoms with Gasteiger partial charge < -0.3 is 10.1 Å². The molecule has 0 unspecified atom stereocenters. The molecule has 0 saturated carbocycles. The zero-order valence-electron chi connectivity index (χ0n) is 12.9. The third kappa shape index (κ3) is 6.98. The maximum absolute atomic E-state index is 11.4. The normalized spacial score (nSPS) is 11.6. The van der Waals surface area contributed by atoms with E-state index in [1.807, 2.05) is 20.8 Å². The Bertz CT molecular complexity index is 441. The Labute approximate surface area is 122 Å². The van der Waals surface area contributed by atoms with Crippen molar-refractivity contribution in [2.45, 2.75) is 46.1 Å². The minimum absolute atomic E-state index is 0.363. The molecule has 0 fully saturated rings. The van der Waals surface area contributed by atoms with Gasteiger partial charge in [-0.25, -0.2) is 4.79 Å². The zero-order valence-corrected chi connectivity index (χ0v) is 12.9. The van der Waals surface area contributed by atoms with Crippen molar-refractivity contribution in [1.29, 1.82) is 0 Å². The maximum atomic E-state index is 11.4. The molecule has 0 aliphatic rings. The summed E-state index contributed by atoms with van der Waals surface area (Å²) in [6.45, 7) is 8.29. The first-order valence-corrected chi connectivity index (χ1v) is 7.13. The van der Waals surface area contributed by atoms with Crippen molar-refractivity contribution < 1.29 is 9.53 Å². The Morgan fingerprint density at radius 1 is 1.25 bits per heavy atom. The fourth-order valence-electron chi connectivity index (χ4n) is 1.66. The Hall–Kier alpha value is -1.77. The van der Waals surface area contributed by atoms with Crippen molar-refractivity contribution in [3.8, 4) is 0 Å². The van der Waals surface area contributed by atoms with E-state index in [0.717, 1.165) is 12.8 Å². The average molecular weight is 275 g/mol. The van der Waals surface area contributed by atoms with Crippen molar-refractivity contribution in [2.24, 2.45) is 0 Å². The molecular formula is C17H25NO2. The molecule has 110 valence electrons. The van der Waals surface area contributed by atoms with E-state index in [4.69, 9.17) is 4.74 Å². The highest BCUT2D eigenvalue weighted by molar-refractivity contribution is 5.67. The summed E-state index contributed by atoms with van der Waals surface area (Å²) in [5.74, 6) is 0. The van der Waals surface area contributed by atoms with Gasteiger partial charge in [0.25, 0.3) is 0 Å². The summed E-state index contributed by atoms with van der Waals surface area (Å²) in [5.41, 5.74) is 2.08. The van der Waals surface area contributed by atoms with Crippen molar-refractivity contribution in [1.82, 2.24) is 5.32 Å². The van der Waals surface area contributed by atoms with Gasteiger partial charge in [-0.15, -0.1) is 0 Å². The Kier molecular flexibility index (Phi) is 6.29. The summed E-state index contributed by atoms with van der Waals surface area (Å²) >= 11 is 0. The van der Waals surface area contributed by atoms with Crippen LogP contribution in [0.3, 0.4) is 0 Å². The molecule has 0 bridgehead atoms. The second-order valence-corrected chi connectivity index (χ2v) is 5.71. The van der Waals surface area contributed by atoms with E-state index in [2.05, 4.69) is 48.7 Å². The smallest absolute Gasteiger partial charge is 0.407 e. The molecule has 1 N–H and O–H groups in total. The molecule has 0 saturated heterocycles. The Morgan fingerprint density at radius 2 is 1.90 bits per heavy atom. The van der Waals surface area contributed by atoms with Crippen molar-refractivity contribution in [3.63, 3.8) is 0 Å². The van der Waals surface area contributed by atoms with Crippen molar-refractivity contribution >= 4 is 12.2 Å². The van der Waals surface area contributed by atoms with Crippen LogP contribution in [0.25, 0.3) is 6.08 Å². The van der Waals surface area contributed by atoms with Crippen LogP contribution in [-0.2, 0) is 11.2 Å². The molecule has 1 aromatic carbocycles. The van der Waals surface area contributed by atoms with Gasteiger partial charge in [0.15, 0.2) is 0 Å². The summed E-state index contributed by atoms with van der Waals surface area (Å²) < 4.78 is 5.15. The lowest BCUT2D eigenvalue weighted by Crippen LogP contribution is -2.32. The largest absolute Gasteiger partial charge is 0.444 e. The van der Waals surface area contributed by atoms with Gasteiger partial charge in [0.05, 0.1) is 0 Å². The highest BCUT2D eigenvalue weighted by atomic mass is 16.6. The summed E-state index contributed by atoms with van der Waals surface area (Å²) in [7, 11) is 0. The Balaban J connectivity index is 2.26. The molecule has 20 heavy (non-hydrogen) atoms. The van der Waals surface area contributed by atoms with Gasteiger partial charge in [0.2, 0.25) is 0 Å². The van der Waals surface area contributed by atoms with Gasteiger partial charge in [-0.3, -0.25) is 0 Å². The molecule has 0 heterocycles. The lowest BCUT2D eigenvalue weighted by molar-refractivity contribution is 0.0529. The fraction of sp³-hybridized carbons (Fsp3) is 0.471. The lowest BCUT2D eigenvalue weighted by Gasteiger charge is -2.19. The first kappa shape index (κ1) is 16.3. The molecule has 0 atom stereocenters. The van der Waals surface area contributed by atoms with Crippen molar-refractivity contribution in [3.05, 3.63) is 41.5 Å². The number of ether oxygens (including phenoxy) is 1. The van der Waals surface area contributed by atoms with Crippen LogP contribution in [-0.4, -0.2) is 18.2 Å². The van der Waals surface area contributed by atoms with Crippen LogP contribution in [0, 0.1) is 0 Å². The summed E-state index contributed by atoms with van der Waals surface area (Å²) in [4.78, 5) is 11.4. The molecule has 0 aromatic heterocycles. The molecule has 3 nitrogen and oxygen atoms in total. The van der Waals surface area contributed by atoms with Crippen LogP contribution in [0.1, 0.15) is 45.2 Å². The van der Waals surface area contributed by atoms with Crippen LogP contribution >= 0.6 is 0 Å². The minimum atomic E-state index is -0.444. The average Bonchev–Trinajstić information content (AvgIpc) is 2.37. The van der Waals surface area contributed by atoms with Crippen LogP contribution in [0.5, 0.6) is 0 Å². The molecule has 0 aliphatic carbocycles. The number of carbonyl (C=O) groups is 1. The quantitative estimate of drug-likeness (QED) is 0.819. The third-order valence-electron chi connectivity index (χ3n) is 2.68. The minimum Gasteiger partial charge on any atom is -0.444 e. The van der Waals surface area contributed by atoms with E-state index in [9.17, 15) is 4.79 Å². The molecule has 1 amide bonds. The van der Waals surface area contributed by atoms with E-state index in [1.165, 1.54) is 11.1 Å². The van der Waals surface area contributed by atoms with E-state index in [0.29, 0.717) is 6.54 Å². The monoisotopic (exact) mass is 275 g/mol. The first-order chi connectivity index (χ1) is 9.40. The van der Waals surface area contributed by atoms with Gasteiger partial charge >= 0.3 is 6.09 Å². The van der Waals surface area contributed by atoms with Crippen LogP contribution in [0.2, 0.25) is 0 Å². The fourth-order valence-corrected chi connectivity index (χ4v) is 1.66. The number of alkyl carbamates (subject to hydrolysis) is 1. The Morgan fingerprint density at radius 3 is 2.45 bits per heavy atom. The van der Waals surface area contributed by atoms with Gasteiger partial charge in [-0.05, 0) is 44.7 Å². The van der Waals surface area contributed by atoms with E-state index in [-0.39, 0.29) is 6.09 Å². The molecule has 3 heteroatoms. The highest BCUT2D eigenvalue weighted by Gasteiger charge is 2.14. The number of hydrogen-bond donors (Lipinski definition) is 1. The van der Waals surface area contributed by atoms with E-state index in [1.54, 1.807) is 0 Å². The zero-order chi connectivity index (χ0) is 15.0. The number of aryl methyl sites for hydroxylation is 1. The maximum Gasteiger partial charge on any atom is 0.407 e. The number of nitrogens with one attached hydrogen (secondary N) is 1.